The third kappa shape index (κ3) is 4.63. The Labute approximate surface area is 163 Å². The molecule has 1 aromatic carbocycles. The molecule has 1 aromatic rings. The minimum Gasteiger partial charge on any atom is -0.356 e. The van der Waals surface area contributed by atoms with Gasteiger partial charge >= 0.3 is 0 Å². The van der Waals surface area contributed by atoms with Gasteiger partial charge in [0.25, 0.3) is 0 Å². The third-order valence-electron chi connectivity index (χ3n) is 5.47. The van der Waals surface area contributed by atoms with Gasteiger partial charge in [0.2, 0.25) is 0 Å². The van der Waals surface area contributed by atoms with E-state index in [1.54, 1.807) is 0 Å². The highest BCUT2D eigenvalue weighted by molar-refractivity contribution is 14.0. The predicted molar refractivity (Wildman–Crippen MR) is 112 cm³/mol. The van der Waals surface area contributed by atoms with Crippen molar-refractivity contribution in [3.8, 4) is 0 Å². The standard InChI is InChI=1S/C19H30N4.HI/c1-3-23-13-7-10-17(23)14-21-18(20-2)22-15-19(11-12-19)16-8-5-4-6-9-16;/h4-6,8-9,17H,3,7,10-15H2,1-2H3,(H2,20,21,22);1H. The van der Waals surface area contributed by atoms with Crippen LogP contribution in [0, 0.1) is 0 Å². The van der Waals surface area contributed by atoms with Gasteiger partial charge in [0, 0.05) is 31.6 Å². The molecule has 1 unspecified atom stereocenters. The van der Waals surface area contributed by atoms with Crippen LogP contribution in [0.15, 0.2) is 35.3 Å². The van der Waals surface area contributed by atoms with E-state index in [1.807, 2.05) is 7.05 Å². The monoisotopic (exact) mass is 442 g/mol. The highest BCUT2D eigenvalue weighted by atomic mass is 127. The molecule has 0 spiro atoms. The summed E-state index contributed by atoms with van der Waals surface area (Å²) in [5.74, 6) is 0.940. The maximum absolute atomic E-state index is 4.40. The second-order valence-electron chi connectivity index (χ2n) is 6.88. The molecular weight excluding hydrogens is 411 g/mol. The van der Waals surface area contributed by atoms with Crippen LogP contribution in [-0.4, -0.2) is 50.1 Å². The minimum absolute atomic E-state index is 0. The molecule has 1 saturated heterocycles. The molecule has 0 aromatic heterocycles. The molecule has 1 aliphatic carbocycles. The van der Waals surface area contributed by atoms with Crippen LogP contribution >= 0.6 is 24.0 Å². The number of hydrogen-bond acceptors (Lipinski definition) is 2. The van der Waals surface area contributed by atoms with E-state index in [0.29, 0.717) is 11.5 Å². The van der Waals surface area contributed by atoms with Crippen LogP contribution in [0.1, 0.15) is 38.2 Å². The Balaban J connectivity index is 0.00000208. The van der Waals surface area contributed by atoms with E-state index in [-0.39, 0.29) is 24.0 Å². The number of halogens is 1. The fourth-order valence-corrected chi connectivity index (χ4v) is 3.74. The number of rotatable bonds is 6. The zero-order valence-corrected chi connectivity index (χ0v) is 17.3. The molecular formula is C19H31IN4. The lowest BCUT2D eigenvalue weighted by Crippen LogP contribution is -2.46. The number of likely N-dealkylation sites (tertiary alicyclic amines) is 1. The normalized spacial score (nSPS) is 22.8. The highest BCUT2D eigenvalue weighted by Crippen LogP contribution is 2.47. The van der Waals surface area contributed by atoms with Gasteiger partial charge in [0.1, 0.15) is 0 Å². The maximum atomic E-state index is 4.40. The van der Waals surface area contributed by atoms with E-state index in [9.17, 15) is 0 Å². The van der Waals surface area contributed by atoms with Crippen molar-refractivity contribution in [1.29, 1.82) is 0 Å². The lowest BCUT2D eigenvalue weighted by Gasteiger charge is -2.24. The Morgan fingerprint density at radius 2 is 2.00 bits per heavy atom. The van der Waals surface area contributed by atoms with Crippen LogP contribution in [-0.2, 0) is 5.41 Å². The molecule has 1 saturated carbocycles. The van der Waals surface area contributed by atoms with Crippen molar-refractivity contribution in [3.63, 3.8) is 0 Å². The van der Waals surface area contributed by atoms with Crippen molar-refractivity contribution in [2.75, 3.05) is 33.2 Å². The fourth-order valence-electron chi connectivity index (χ4n) is 3.74. The van der Waals surface area contributed by atoms with Crippen LogP contribution in [0.2, 0.25) is 0 Å². The molecule has 24 heavy (non-hydrogen) atoms. The quantitative estimate of drug-likeness (QED) is 0.404. The summed E-state index contributed by atoms with van der Waals surface area (Å²) in [7, 11) is 1.86. The second-order valence-corrected chi connectivity index (χ2v) is 6.88. The van der Waals surface area contributed by atoms with E-state index < -0.39 is 0 Å². The van der Waals surface area contributed by atoms with E-state index in [0.717, 1.165) is 25.6 Å². The first-order valence-corrected chi connectivity index (χ1v) is 9.01. The Morgan fingerprint density at radius 1 is 1.25 bits per heavy atom. The minimum atomic E-state index is 0. The molecule has 5 heteroatoms. The van der Waals surface area contributed by atoms with Gasteiger partial charge in [0.15, 0.2) is 5.96 Å². The Kier molecular flexibility index (Phi) is 7.34. The number of nitrogens with zero attached hydrogens (tertiary/aromatic N) is 2. The van der Waals surface area contributed by atoms with E-state index in [1.165, 1.54) is 37.8 Å². The van der Waals surface area contributed by atoms with E-state index in [2.05, 4.69) is 57.8 Å². The first-order chi connectivity index (χ1) is 11.3. The number of aliphatic imine (C=N–C) groups is 1. The number of guanidine groups is 1. The largest absolute Gasteiger partial charge is 0.356 e. The summed E-state index contributed by atoms with van der Waals surface area (Å²) in [4.78, 5) is 6.96. The molecule has 2 N–H and O–H groups in total. The summed E-state index contributed by atoms with van der Waals surface area (Å²) in [6.45, 7) is 6.61. The maximum Gasteiger partial charge on any atom is 0.191 e. The zero-order chi connectivity index (χ0) is 16.1. The van der Waals surface area contributed by atoms with Gasteiger partial charge in [0.05, 0.1) is 0 Å². The molecule has 0 bridgehead atoms. The summed E-state index contributed by atoms with van der Waals surface area (Å²) >= 11 is 0. The number of benzene rings is 1. The molecule has 134 valence electrons. The van der Waals surface area contributed by atoms with Gasteiger partial charge in [-0.3, -0.25) is 9.89 Å². The average Bonchev–Trinajstić information content (AvgIpc) is 3.26. The van der Waals surface area contributed by atoms with Crippen LogP contribution in [0.3, 0.4) is 0 Å². The van der Waals surface area contributed by atoms with Gasteiger partial charge in [-0.1, -0.05) is 37.3 Å². The van der Waals surface area contributed by atoms with Gasteiger partial charge < -0.3 is 10.6 Å². The lowest BCUT2D eigenvalue weighted by molar-refractivity contribution is 0.267. The number of likely N-dealkylation sites (N-methyl/N-ethyl adjacent to an activating group) is 1. The van der Waals surface area contributed by atoms with Gasteiger partial charge in [-0.25, -0.2) is 0 Å². The van der Waals surface area contributed by atoms with Crippen molar-refractivity contribution in [2.24, 2.45) is 4.99 Å². The van der Waals surface area contributed by atoms with Crippen molar-refractivity contribution < 1.29 is 0 Å². The number of hydrogen-bond donors (Lipinski definition) is 2. The van der Waals surface area contributed by atoms with Gasteiger partial charge in [-0.05, 0) is 44.3 Å². The topological polar surface area (TPSA) is 39.7 Å². The Hall–Kier alpha value is -0.820. The number of nitrogens with one attached hydrogen (secondary N) is 2. The third-order valence-corrected chi connectivity index (χ3v) is 5.47. The molecule has 0 radical (unpaired) electrons. The van der Waals surface area contributed by atoms with Crippen LogP contribution in [0.25, 0.3) is 0 Å². The van der Waals surface area contributed by atoms with Crippen molar-refractivity contribution in [3.05, 3.63) is 35.9 Å². The first-order valence-electron chi connectivity index (χ1n) is 9.01. The van der Waals surface area contributed by atoms with E-state index >= 15 is 0 Å². The van der Waals surface area contributed by atoms with Gasteiger partial charge in [-0.15, -0.1) is 24.0 Å². The zero-order valence-electron chi connectivity index (χ0n) is 14.9. The summed E-state index contributed by atoms with van der Waals surface area (Å²) in [6.07, 6.45) is 5.16. The van der Waals surface area contributed by atoms with Crippen LogP contribution in [0.4, 0.5) is 0 Å². The van der Waals surface area contributed by atoms with Crippen LogP contribution < -0.4 is 10.6 Å². The molecule has 2 aliphatic rings. The molecule has 2 fully saturated rings. The Morgan fingerprint density at radius 3 is 2.62 bits per heavy atom. The van der Waals surface area contributed by atoms with Crippen molar-refractivity contribution >= 4 is 29.9 Å². The molecule has 3 rings (SSSR count). The summed E-state index contributed by atoms with van der Waals surface area (Å²) in [6, 6.07) is 11.5. The first kappa shape index (κ1) is 19.5. The molecule has 0 amide bonds. The molecule has 1 aliphatic heterocycles. The van der Waals surface area contributed by atoms with E-state index in [4.69, 9.17) is 0 Å². The molecule has 4 nitrogen and oxygen atoms in total. The highest BCUT2D eigenvalue weighted by Gasteiger charge is 2.44. The SMILES string of the molecule is CCN1CCCC1CNC(=NC)NCC1(c2ccccc2)CC1.I. The Bertz CT molecular complexity index is 527. The van der Waals surface area contributed by atoms with Gasteiger partial charge in [-0.2, -0.15) is 0 Å². The summed E-state index contributed by atoms with van der Waals surface area (Å²) in [5.41, 5.74) is 1.78. The van der Waals surface area contributed by atoms with Crippen molar-refractivity contribution in [1.82, 2.24) is 15.5 Å². The summed E-state index contributed by atoms with van der Waals surface area (Å²) < 4.78 is 0. The smallest absolute Gasteiger partial charge is 0.191 e. The fraction of sp³-hybridized carbons (Fsp3) is 0.632. The summed E-state index contributed by atoms with van der Waals surface area (Å²) in [5, 5.41) is 7.07. The molecule has 1 atom stereocenters. The lowest BCUT2D eigenvalue weighted by atomic mass is 9.96. The van der Waals surface area contributed by atoms with Crippen molar-refractivity contribution in [2.45, 2.75) is 44.1 Å². The van der Waals surface area contributed by atoms with Crippen LogP contribution in [0.5, 0.6) is 0 Å². The predicted octanol–water partition coefficient (Wildman–Crippen LogP) is 2.99. The molecule has 1 heterocycles. The average molecular weight is 442 g/mol. The second kappa shape index (κ2) is 9.04.